The number of nitrogens with zero attached hydrogens (tertiary/aromatic N) is 1. The van der Waals surface area contributed by atoms with Gasteiger partial charge in [0.1, 0.15) is 19.0 Å². The van der Waals surface area contributed by atoms with Crippen LogP contribution in [0.4, 0.5) is 4.79 Å². The van der Waals surface area contributed by atoms with Crippen molar-refractivity contribution in [1.29, 1.82) is 0 Å². The Morgan fingerprint density at radius 1 is 0.906 bits per heavy atom. The molecule has 1 amide bonds. The third-order valence-electron chi connectivity index (χ3n) is 6.00. The summed E-state index contributed by atoms with van der Waals surface area (Å²) in [7, 11) is 0. The molecule has 5 nitrogen and oxygen atoms in total. The van der Waals surface area contributed by atoms with Gasteiger partial charge in [0.05, 0.1) is 5.60 Å². The summed E-state index contributed by atoms with van der Waals surface area (Å²) < 4.78 is 11.3. The van der Waals surface area contributed by atoms with Crippen molar-refractivity contribution in [2.24, 2.45) is 0 Å². The van der Waals surface area contributed by atoms with E-state index in [1.807, 2.05) is 85.8 Å². The van der Waals surface area contributed by atoms with Gasteiger partial charge in [-0.3, -0.25) is 0 Å². The van der Waals surface area contributed by atoms with Crippen LogP contribution in [-0.4, -0.2) is 29.2 Å². The molecule has 0 bridgehead atoms. The Labute approximate surface area is 189 Å². The molecule has 166 valence electrons. The van der Waals surface area contributed by atoms with E-state index in [0.29, 0.717) is 32.5 Å². The molecule has 0 spiro atoms. The predicted octanol–water partition coefficient (Wildman–Crippen LogP) is 5.19. The predicted molar refractivity (Wildman–Crippen MR) is 123 cm³/mol. The molecule has 0 unspecified atom stereocenters. The number of piperidine rings is 1. The van der Waals surface area contributed by atoms with Gasteiger partial charge in [-0.15, -0.1) is 0 Å². The average Bonchev–Trinajstić information content (AvgIpc) is 2.83. The lowest BCUT2D eigenvalue weighted by atomic mass is 9.82. The zero-order valence-electron chi connectivity index (χ0n) is 18.4. The number of hydrogen-bond acceptors (Lipinski definition) is 4. The number of aliphatic hydroxyl groups is 1. The summed E-state index contributed by atoms with van der Waals surface area (Å²) in [5.41, 5.74) is 2.98. The fourth-order valence-electron chi connectivity index (χ4n) is 4.13. The molecule has 5 heteroatoms. The summed E-state index contributed by atoms with van der Waals surface area (Å²) in [5, 5.41) is 11.3. The monoisotopic (exact) mass is 431 g/mol. The summed E-state index contributed by atoms with van der Waals surface area (Å²) >= 11 is 0. The standard InChI is InChI=1S/C27H29NO4/c1-21-18-24(31-19-22-8-4-2-5-9-22)12-13-25(21)27(30)14-16-28(17-15-27)26(29)32-20-23-10-6-3-7-11-23/h2-13,18,30H,14-17,19-20H2,1H3. The molecule has 4 rings (SSSR count). The zero-order valence-corrected chi connectivity index (χ0v) is 18.4. The van der Waals surface area contributed by atoms with Gasteiger partial charge in [0, 0.05) is 13.1 Å². The van der Waals surface area contributed by atoms with Gasteiger partial charge in [-0.1, -0.05) is 66.7 Å². The molecular formula is C27H29NO4. The highest BCUT2D eigenvalue weighted by Crippen LogP contribution is 2.36. The Balaban J connectivity index is 1.32. The van der Waals surface area contributed by atoms with Crippen LogP contribution < -0.4 is 4.74 Å². The maximum atomic E-state index is 12.4. The molecule has 32 heavy (non-hydrogen) atoms. The molecular weight excluding hydrogens is 402 g/mol. The second-order valence-electron chi connectivity index (χ2n) is 8.31. The Bertz CT molecular complexity index is 1030. The van der Waals surface area contributed by atoms with Crippen molar-refractivity contribution in [2.45, 2.75) is 38.6 Å². The Morgan fingerprint density at radius 3 is 2.09 bits per heavy atom. The highest BCUT2D eigenvalue weighted by atomic mass is 16.6. The first kappa shape index (κ1) is 21.9. The number of amides is 1. The Morgan fingerprint density at radius 2 is 1.50 bits per heavy atom. The normalized spacial score (nSPS) is 15.2. The smallest absolute Gasteiger partial charge is 0.410 e. The minimum Gasteiger partial charge on any atom is -0.489 e. The number of hydrogen-bond donors (Lipinski definition) is 1. The van der Waals surface area contributed by atoms with E-state index in [9.17, 15) is 9.90 Å². The maximum Gasteiger partial charge on any atom is 0.410 e. The summed E-state index contributed by atoms with van der Waals surface area (Å²) in [6.07, 6.45) is 0.606. The third-order valence-corrected chi connectivity index (χ3v) is 6.00. The lowest BCUT2D eigenvalue weighted by Gasteiger charge is -2.38. The van der Waals surface area contributed by atoms with Crippen LogP contribution in [-0.2, 0) is 23.6 Å². The van der Waals surface area contributed by atoms with Crippen molar-refractivity contribution in [3.63, 3.8) is 0 Å². The van der Waals surface area contributed by atoms with Gasteiger partial charge >= 0.3 is 6.09 Å². The summed E-state index contributed by atoms with van der Waals surface area (Å²) in [6, 6.07) is 25.5. The molecule has 0 saturated carbocycles. The van der Waals surface area contributed by atoms with Crippen LogP contribution in [0.3, 0.4) is 0 Å². The molecule has 1 heterocycles. The molecule has 1 fully saturated rings. The van der Waals surface area contributed by atoms with Gasteiger partial charge in [-0.05, 0) is 54.2 Å². The number of rotatable bonds is 6. The Hall–Kier alpha value is -3.31. The van der Waals surface area contributed by atoms with Crippen molar-refractivity contribution in [3.8, 4) is 5.75 Å². The molecule has 0 aromatic heterocycles. The van der Waals surface area contributed by atoms with Crippen LogP contribution >= 0.6 is 0 Å². The molecule has 3 aromatic rings. The molecule has 1 aliphatic rings. The van der Waals surface area contributed by atoms with Crippen molar-refractivity contribution >= 4 is 6.09 Å². The quantitative estimate of drug-likeness (QED) is 0.583. The van der Waals surface area contributed by atoms with E-state index < -0.39 is 5.60 Å². The first-order valence-electron chi connectivity index (χ1n) is 11.0. The number of aryl methyl sites for hydroxylation is 1. The van der Waals surface area contributed by atoms with Crippen LogP contribution in [0.2, 0.25) is 0 Å². The average molecular weight is 432 g/mol. The SMILES string of the molecule is Cc1cc(OCc2ccccc2)ccc1C1(O)CCN(C(=O)OCc2ccccc2)CC1. The van der Waals surface area contributed by atoms with Crippen molar-refractivity contribution in [1.82, 2.24) is 4.90 Å². The molecule has 0 aliphatic carbocycles. The number of carbonyl (C=O) groups is 1. The van der Waals surface area contributed by atoms with Crippen molar-refractivity contribution < 1.29 is 19.4 Å². The van der Waals surface area contributed by atoms with Gasteiger partial charge in [0.25, 0.3) is 0 Å². The second-order valence-corrected chi connectivity index (χ2v) is 8.31. The van der Waals surface area contributed by atoms with Crippen molar-refractivity contribution in [3.05, 3.63) is 101 Å². The van der Waals surface area contributed by atoms with E-state index in [-0.39, 0.29) is 12.7 Å². The second kappa shape index (κ2) is 9.88. The van der Waals surface area contributed by atoms with Gasteiger partial charge in [0.15, 0.2) is 0 Å². The lowest BCUT2D eigenvalue weighted by molar-refractivity contribution is -0.0259. The fraction of sp³-hybridized carbons (Fsp3) is 0.296. The van der Waals surface area contributed by atoms with E-state index in [1.165, 1.54) is 0 Å². The highest BCUT2D eigenvalue weighted by molar-refractivity contribution is 5.67. The topological polar surface area (TPSA) is 59.0 Å². The van der Waals surface area contributed by atoms with Crippen molar-refractivity contribution in [2.75, 3.05) is 13.1 Å². The van der Waals surface area contributed by atoms with Crippen LogP contribution in [0.25, 0.3) is 0 Å². The zero-order chi connectivity index (χ0) is 22.4. The van der Waals surface area contributed by atoms with Crippen LogP contribution in [0.15, 0.2) is 78.9 Å². The van der Waals surface area contributed by atoms with Gasteiger partial charge in [-0.25, -0.2) is 4.79 Å². The molecule has 0 atom stereocenters. The van der Waals surface area contributed by atoms with E-state index in [1.54, 1.807) is 4.90 Å². The van der Waals surface area contributed by atoms with Crippen LogP contribution in [0, 0.1) is 6.92 Å². The number of benzene rings is 3. The fourth-order valence-corrected chi connectivity index (χ4v) is 4.13. The van der Waals surface area contributed by atoms with Gasteiger partial charge in [-0.2, -0.15) is 0 Å². The molecule has 1 saturated heterocycles. The first-order valence-corrected chi connectivity index (χ1v) is 11.0. The van der Waals surface area contributed by atoms with Crippen LogP contribution in [0.5, 0.6) is 5.75 Å². The third kappa shape index (κ3) is 5.29. The minimum absolute atomic E-state index is 0.254. The molecule has 0 radical (unpaired) electrons. The minimum atomic E-state index is -0.960. The van der Waals surface area contributed by atoms with Gasteiger partial charge in [0.2, 0.25) is 0 Å². The van der Waals surface area contributed by atoms with E-state index in [2.05, 4.69) is 0 Å². The number of carbonyl (C=O) groups excluding carboxylic acids is 1. The maximum absolute atomic E-state index is 12.4. The number of likely N-dealkylation sites (tertiary alicyclic amines) is 1. The first-order chi connectivity index (χ1) is 15.5. The summed E-state index contributed by atoms with van der Waals surface area (Å²) in [5.74, 6) is 0.778. The Kier molecular flexibility index (Phi) is 6.76. The number of ether oxygens (including phenoxy) is 2. The largest absolute Gasteiger partial charge is 0.489 e. The van der Waals surface area contributed by atoms with E-state index in [4.69, 9.17) is 9.47 Å². The highest BCUT2D eigenvalue weighted by Gasteiger charge is 2.37. The van der Waals surface area contributed by atoms with E-state index >= 15 is 0 Å². The van der Waals surface area contributed by atoms with Crippen LogP contribution in [0.1, 0.15) is 35.1 Å². The lowest BCUT2D eigenvalue weighted by Crippen LogP contribution is -2.45. The summed E-state index contributed by atoms with van der Waals surface area (Å²) in [6.45, 7) is 3.66. The molecule has 3 aromatic carbocycles. The molecule has 1 aliphatic heterocycles. The van der Waals surface area contributed by atoms with Gasteiger partial charge < -0.3 is 19.5 Å². The van der Waals surface area contributed by atoms with E-state index in [0.717, 1.165) is 28.0 Å². The summed E-state index contributed by atoms with van der Waals surface area (Å²) in [4.78, 5) is 14.1. The molecule has 1 N–H and O–H groups in total.